The fraction of sp³-hybridized carbons (Fsp3) is 0.0909. The van der Waals surface area contributed by atoms with Crippen LogP contribution in [0.4, 0.5) is 14.5 Å². The Hall–Kier alpha value is -3.50. The molecule has 2 amide bonds. The third kappa shape index (κ3) is 5.85. The van der Waals surface area contributed by atoms with E-state index in [-0.39, 0.29) is 21.7 Å². The van der Waals surface area contributed by atoms with Gasteiger partial charge in [0.05, 0.1) is 10.6 Å². The molecule has 0 spiro atoms. The summed E-state index contributed by atoms with van der Waals surface area (Å²) in [6.07, 6.45) is 0. The van der Waals surface area contributed by atoms with Crippen LogP contribution in [0.3, 0.4) is 0 Å². The van der Waals surface area contributed by atoms with Crippen molar-refractivity contribution in [3.63, 3.8) is 0 Å². The van der Waals surface area contributed by atoms with Crippen LogP contribution >= 0.6 is 11.6 Å². The average Bonchev–Trinajstić information content (AvgIpc) is 2.78. The zero-order chi connectivity index (χ0) is 24.2. The van der Waals surface area contributed by atoms with E-state index in [0.717, 1.165) is 24.3 Å². The first-order valence-corrected chi connectivity index (χ1v) is 11.3. The SMILES string of the molecule is CNC(=O)C(NC(=O)c1cccc(S(=O)(=O)Nc2cccc(Cl)c2)c1)c1ccc(F)c(F)c1. The summed E-state index contributed by atoms with van der Waals surface area (Å²) >= 11 is 5.88. The zero-order valence-electron chi connectivity index (χ0n) is 17.1. The molecule has 172 valence electrons. The number of nitrogens with one attached hydrogen (secondary N) is 3. The Kier molecular flexibility index (Phi) is 7.29. The van der Waals surface area contributed by atoms with Crippen molar-refractivity contribution < 1.29 is 26.8 Å². The molecule has 0 bridgehead atoms. The summed E-state index contributed by atoms with van der Waals surface area (Å²) in [5, 5.41) is 5.08. The Morgan fingerprint density at radius 3 is 2.33 bits per heavy atom. The molecule has 3 aromatic carbocycles. The molecule has 3 rings (SSSR count). The first kappa shape index (κ1) is 24.1. The Bertz CT molecular complexity index is 1320. The molecule has 1 atom stereocenters. The number of hydrogen-bond acceptors (Lipinski definition) is 4. The lowest BCUT2D eigenvalue weighted by atomic mass is 10.0. The third-order valence-electron chi connectivity index (χ3n) is 4.54. The smallest absolute Gasteiger partial charge is 0.261 e. The number of likely N-dealkylation sites (N-methyl/N-ethyl adjacent to an activating group) is 1. The van der Waals surface area contributed by atoms with Gasteiger partial charge >= 0.3 is 0 Å². The van der Waals surface area contributed by atoms with E-state index in [4.69, 9.17) is 11.6 Å². The summed E-state index contributed by atoms with van der Waals surface area (Å²) in [4.78, 5) is 24.9. The Labute approximate surface area is 193 Å². The minimum Gasteiger partial charge on any atom is -0.357 e. The van der Waals surface area contributed by atoms with Gasteiger partial charge in [0.25, 0.3) is 15.9 Å². The van der Waals surface area contributed by atoms with Crippen LogP contribution in [0.2, 0.25) is 5.02 Å². The highest BCUT2D eigenvalue weighted by Gasteiger charge is 2.24. The van der Waals surface area contributed by atoms with Crippen LogP contribution in [-0.2, 0) is 14.8 Å². The van der Waals surface area contributed by atoms with E-state index in [1.807, 2.05) is 0 Å². The van der Waals surface area contributed by atoms with Gasteiger partial charge in [0.1, 0.15) is 6.04 Å². The second kappa shape index (κ2) is 9.97. The van der Waals surface area contributed by atoms with E-state index in [2.05, 4.69) is 15.4 Å². The van der Waals surface area contributed by atoms with Crippen LogP contribution in [0.25, 0.3) is 0 Å². The third-order valence-corrected chi connectivity index (χ3v) is 6.16. The van der Waals surface area contributed by atoms with E-state index in [1.165, 1.54) is 37.4 Å². The van der Waals surface area contributed by atoms with Gasteiger partial charge < -0.3 is 10.6 Å². The largest absolute Gasteiger partial charge is 0.357 e. The number of halogens is 3. The lowest BCUT2D eigenvalue weighted by molar-refractivity contribution is -0.122. The van der Waals surface area contributed by atoms with Crippen molar-refractivity contribution in [2.75, 3.05) is 11.8 Å². The van der Waals surface area contributed by atoms with E-state index in [1.54, 1.807) is 12.1 Å². The second-order valence-corrected chi connectivity index (χ2v) is 8.96. The quantitative estimate of drug-likeness (QED) is 0.467. The second-order valence-electron chi connectivity index (χ2n) is 6.84. The summed E-state index contributed by atoms with van der Waals surface area (Å²) in [5.74, 6) is -3.77. The van der Waals surface area contributed by atoms with Gasteiger partial charge in [0.2, 0.25) is 5.91 Å². The summed E-state index contributed by atoms with van der Waals surface area (Å²) < 4.78 is 54.7. The molecule has 0 aliphatic carbocycles. The topological polar surface area (TPSA) is 104 Å². The molecule has 0 aromatic heterocycles. The molecule has 0 aliphatic heterocycles. The lowest BCUT2D eigenvalue weighted by Gasteiger charge is -2.18. The van der Waals surface area contributed by atoms with Crippen LogP contribution in [0.5, 0.6) is 0 Å². The number of carbonyl (C=O) groups excluding carboxylic acids is 2. The summed E-state index contributed by atoms with van der Waals surface area (Å²) in [7, 11) is -2.74. The van der Waals surface area contributed by atoms with Crippen LogP contribution in [0, 0.1) is 11.6 Å². The molecule has 0 saturated carbocycles. The molecule has 0 saturated heterocycles. The fourth-order valence-electron chi connectivity index (χ4n) is 2.92. The fourth-order valence-corrected chi connectivity index (χ4v) is 4.21. The highest BCUT2D eigenvalue weighted by molar-refractivity contribution is 7.92. The first-order chi connectivity index (χ1) is 15.6. The van der Waals surface area contributed by atoms with E-state index in [9.17, 15) is 26.8 Å². The molecule has 3 aromatic rings. The van der Waals surface area contributed by atoms with Crippen molar-refractivity contribution in [2.24, 2.45) is 0 Å². The predicted molar refractivity (Wildman–Crippen MR) is 119 cm³/mol. The van der Waals surface area contributed by atoms with E-state index >= 15 is 0 Å². The molecule has 0 heterocycles. The van der Waals surface area contributed by atoms with Gasteiger partial charge in [-0.05, 0) is 54.1 Å². The van der Waals surface area contributed by atoms with Crippen molar-refractivity contribution in [3.8, 4) is 0 Å². The van der Waals surface area contributed by atoms with Crippen molar-refractivity contribution in [2.45, 2.75) is 10.9 Å². The molecule has 1 unspecified atom stereocenters. The van der Waals surface area contributed by atoms with Crippen LogP contribution in [0.1, 0.15) is 22.0 Å². The molecule has 33 heavy (non-hydrogen) atoms. The van der Waals surface area contributed by atoms with Crippen molar-refractivity contribution in [1.29, 1.82) is 0 Å². The average molecular weight is 494 g/mol. The summed E-state index contributed by atoms with van der Waals surface area (Å²) in [6, 6.07) is 12.6. The Morgan fingerprint density at radius 1 is 0.939 bits per heavy atom. The van der Waals surface area contributed by atoms with Crippen molar-refractivity contribution in [1.82, 2.24) is 10.6 Å². The maximum absolute atomic E-state index is 13.7. The highest BCUT2D eigenvalue weighted by Crippen LogP contribution is 2.21. The minimum atomic E-state index is -4.06. The number of carbonyl (C=O) groups is 2. The van der Waals surface area contributed by atoms with Crippen molar-refractivity contribution in [3.05, 3.63) is 94.5 Å². The molecule has 11 heteroatoms. The maximum Gasteiger partial charge on any atom is 0.261 e. The Morgan fingerprint density at radius 2 is 1.67 bits per heavy atom. The number of amides is 2. The van der Waals surface area contributed by atoms with E-state index < -0.39 is 39.5 Å². The number of sulfonamides is 1. The van der Waals surface area contributed by atoms with E-state index in [0.29, 0.717) is 5.02 Å². The Balaban J connectivity index is 1.86. The molecule has 3 N–H and O–H groups in total. The van der Waals surface area contributed by atoms with Gasteiger partial charge in [-0.2, -0.15) is 0 Å². The standard InChI is InChI=1S/C22H18ClF2N3O4S/c1-26-22(30)20(13-8-9-18(24)19(25)11-13)27-21(29)14-4-2-7-17(10-14)33(31,32)28-16-6-3-5-15(23)12-16/h2-12,20,28H,1H3,(H,26,30)(H,27,29). The first-order valence-electron chi connectivity index (χ1n) is 9.46. The number of benzene rings is 3. The summed E-state index contributed by atoms with van der Waals surface area (Å²) in [6.45, 7) is 0. The lowest BCUT2D eigenvalue weighted by Crippen LogP contribution is -2.39. The number of anilines is 1. The highest BCUT2D eigenvalue weighted by atomic mass is 35.5. The van der Waals surface area contributed by atoms with Crippen LogP contribution < -0.4 is 15.4 Å². The predicted octanol–water partition coefficient (Wildman–Crippen LogP) is 3.64. The van der Waals surface area contributed by atoms with Gasteiger partial charge in [-0.1, -0.05) is 29.8 Å². The molecule has 7 nitrogen and oxygen atoms in total. The van der Waals surface area contributed by atoms with Crippen LogP contribution in [0.15, 0.2) is 71.6 Å². The molecular formula is C22H18ClF2N3O4S. The van der Waals surface area contributed by atoms with Gasteiger partial charge in [-0.3, -0.25) is 14.3 Å². The minimum absolute atomic E-state index is 0.00741. The van der Waals surface area contributed by atoms with Gasteiger partial charge in [-0.15, -0.1) is 0 Å². The molecule has 0 aliphatic rings. The van der Waals surface area contributed by atoms with Gasteiger partial charge in [-0.25, -0.2) is 17.2 Å². The van der Waals surface area contributed by atoms with Crippen LogP contribution in [-0.4, -0.2) is 27.3 Å². The molecular weight excluding hydrogens is 476 g/mol. The normalized spacial score (nSPS) is 12.0. The molecule has 0 fully saturated rings. The zero-order valence-corrected chi connectivity index (χ0v) is 18.7. The molecule has 0 radical (unpaired) electrons. The number of rotatable bonds is 7. The van der Waals surface area contributed by atoms with Gasteiger partial charge in [0, 0.05) is 17.6 Å². The monoisotopic (exact) mass is 493 g/mol. The summed E-state index contributed by atoms with van der Waals surface area (Å²) in [5.41, 5.74) is 0.170. The number of hydrogen-bond donors (Lipinski definition) is 3. The van der Waals surface area contributed by atoms with Gasteiger partial charge in [0.15, 0.2) is 11.6 Å². The van der Waals surface area contributed by atoms with Crippen molar-refractivity contribution >= 4 is 39.1 Å². The maximum atomic E-state index is 13.7.